The van der Waals surface area contributed by atoms with Crippen molar-refractivity contribution >= 4 is 34.4 Å². The number of aromatic amines is 1. The van der Waals surface area contributed by atoms with E-state index in [-0.39, 0.29) is 17.9 Å². The highest BCUT2D eigenvalue weighted by Crippen LogP contribution is 2.43. The van der Waals surface area contributed by atoms with Crippen LogP contribution in [0.1, 0.15) is 55.4 Å². The molecular weight excluding hydrogens is 426 g/mol. The molecule has 0 unspecified atom stereocenters. The van der Waals surface area contributed by atoms with Gasteiger partial charge in [0.2, 0.25) is 0 Å². The second kappa shape index (κ2) is 9.06. The summed E-state index contributed by atoms with van der Waals surface area (Å²) in [6.45, 7) is 3.17. The van der Waals surface area contributed by atoms with E-state index in [0.29, 0.717) is 35.0 Å². The van der Waals surface area contributed by atoms with Crippen LogP contribution in [-0.4, -0.2) is 65.5 Å². The summed E-state index contributed by atoms with van der Waals surface area (Å²) in [6, 6.07) is 8.35. The number of nitrogens with zero attached hydrogens (tertiary/aromatic N) is 2. The number of amides is 1. The first-order valence-corrected chi connectivity index (χ1v) is 12.3. The average Bonchev–Trinajstić information content (AvgIpc) is 3.23. The topological polar surface area (TPSA) is 65.6 Å². The molecule has 3 aliphatic rings. The zero-order valence-electron chi connectivity index (χ0n) is 18.7. The molecule has 7 heteroatoms. The van der Waals surface area contributed by atoms with Gasteiger partial charge < -0.3 is 14.6 Å². The molecule has 4 heterocycles. The molecule has 0 saturated carbocycles. The molecular formula is C25H32ClN3O3. The summed E-state index contributed by atoms with van der Waals surface area (Å²) in [5.74, 6) is 0.908. The van der Waals surface area contributed by atoms with Crippen LogP contribution in [0.4, 0.5) is 0 Å². The second-order valence-electron chi connectivity index (χ2n) is 9.64. The summed E-state index contributed by atoms with van der Waals surface area (Å²) in [4.78, 5) is 33.7. The Morgan fingerprint density at radius 3 is 2.81 bits per heavy atom. The van der Waals surface area contributed by atoms with E-state index in [4.69, 9.17) is 16.3 Å². The lowest BCUT2D eigenvalue weighted by atomic mass is 9.69. The Labute approximate surface area is 194 Å². The number of esters is 1. The Kier molecular flexibility index (Phi) is 6.17. The molecule has 1 aromatic heterocycles. The number of piperidine rings is 3. The normalized spacial score (nSPS) is 27.9. The minimum atomic E-state index is -0.174. The Balaban J connectivity index is 1.44. The monoisotopic (exact) mass is 457 g/mol. The van der Waals surface area contributed by atoms with Crippen LogP contribution < -0.4 is 0 Å². The van der Waals surface area contributed by atoms with Gasteiger partial charge in [0.05, 0.1) is 7.11 Å². The Hall–Kier alpha value is -2.05. The Bertz CT molecular complexity index is 1000. The summed E-state index contributed by atoms with van der Waals surface area (Å²) in [6.07, 6.45) is 6.75. The molecule has 1 aromatic carbocycles. The fourth-order valence-electron chi connectivity index (χ4n) is 6.53. The lowest BCUT2D eigenvalue weighted by Gasteiger charge is -2.57. The molecule has 3 saturated heterocycles. The van der Waals surface area contributed by atoms with Gasteiger partial charge in [0.25, 0.3) is 5.91 Å². The van der Waals surface area contributed by atoms with E-state index in [0.717, 1.165) is 36.7 Å². The summed E-state index contributed by atoms with van der Waals surface area (Å²) >= 11 is 6.15. The average molecular weight is 458 g/mol. The molecule has 32 heavy (non-hydrogen) atoms. The van der Waals surface area contributed by atoms with Crippen LogP contribution in [0.25, 0.3) is 10.9 Å². The number of benzene rings is 1. The maximum Gasteiger partial charge on any atom is 0.305 e. The predicted molar refractivity (Wildman–Crippen MR) is 125 cm³/mol. The number of hydrogen-bond acceptors (Lipinski definition) is 4. The summed E-state index contributed by atoms with van der Waals surface area (Å²) < 4.78 is 4.85. The first kappa shape index (κ1) is 21.8. The maximum absolute atomic E-state index is 13.8. The maximum atomic E-state index is 13.8. The van der Waals surface area contributed by atoms with Crippen LogP contribution >= 0.6 is 11.6 Å². The SMILES string of the molecule is COC(=O)CCC[C@@H]1[C@H]2CCCN3CCC[C@@H](CN1C(=O)c1cc4ccc(Cl)cc4[nH]1)[C@@H]23. The van der Waals surface area contributed by atoms with E-state index in [1.54, 1.807) is 0 Å². The fourth-order valence-corrected chi connectivity index (χ4v) is 6.70. The van der Waals surface area contributed by atoms with Crippen molar-refractivity contribution in [3.8, 4) is 0 Å². The first-order valence-electron chi connectivity index (χ1n) is 12.0. The lowest BCUT2D eigenvalue weighted by Crippen LogP contribution is -2.65. The molecule has 0 aliphatic carbocycles. The van der Waals surface area contributed by atoms with Gasteiger partial charge >= 0.3 is 5.97 Å². The van der Waals surface area contributed by atoms with Gasteiger partial charge in [0, 0.05) is 41.0 Å². The van der Waals surface area contributed by atoms with Gasteiger partial charge in [-0.1, -0.05) is 17.7 Å². The van der Waals surface area contributed by atoms with E-state index in [9.17, 15) is 9.59 Å². The molecule has 172 valence electrons. The number of carbonyl (C=O) groups excluding carboxylic acids is 2. The number of methoxy groups -OCH3 is 1. The molecule has 0 spiro atoms. The molecule has 3 aliphatic heterocycles. The van der Waals surface area contributed by atoms with E-state index in [1.807, 2.05) is 24.3 Å². The smallest absolute Gasteiger partial charge is 0.305 e. The molecule has 3 fully saturated rings. The number of halogens is 1. The van der Waals surface area contributed by atoms with Crippen molar-refractivity contribution in [3.63, 3.8) is 0 Å². The zero-order valence-corrected chi connectivity index (χ0v) is 19.4. The van der Waals surface area contributed by atoms with Crippen LogP contribution in [0.3, 0.4) is 0 Å². The molecule has 0 bridgehead atoms. The van der Waals surface area contributed by atoms with Crippen LogP contribution in [-0.2, 0) is 9.53 Å². The second-order valence-corrected chi connectivity index (χ2v) is 10.1. The number of hydrogen-bond donors (Lipinski definition) is 1. The van der Waals surface area contributed by atoms with E-state index >= 15 is 0 Å². The number of carbonyl (C=O) groups is 2. The fraction of sp³-hybridized carbons (Fsp3) is 0.600. The van der Waals surface area contributed by atoms with E-state index in [2.05, 4.69) is 14.8 Å². The third kappa shape index (κ3) is 4.03. The van der Waals surface area contributed by atoms with Gasteiger partial charge in [-0.15, -0.1) is 0 Å². The number of aromatic nitrogens is 1. The summed E-state index contributed by atoms with van der Waals surface area (Å²) in [7, 11) is 1.44. The van der Waals surface area contributed by atoms with Crippen molar-refractivity contribution < 1.29 is 14.3 Å². The predicted octanol–water partition coefficient (Wildman–Crippen LogP) is 4.48. The van der Waals surface area contributed by atoms with Gasteiger partial charge in [0.15, 0.2) is 0 Å². The van der Waals surface area contributed by atoms with Gasteiger partial charge in [-0.3, -0.25) is 14.5 Å². The lowest BCUT2D eigenvalue weighted by molar-refractivity contribution is -0.140. The minimum absolute atomic E-state index is 0.0709. The Morgan fingerprint density at radius 2 is 2.00 bits per heavy atom. The number of likely N-dealkylation sites (tertiary alicyclic amines) is 1. The standard InChI is InChI=1S/C25H32ClN3O3/c1-32-23(30)8-2-7-22-19-6-4-12-28-11-3-5-17(24(19)28)15-29(22)25(31)21-13-16-9-10-18(26)14-20(16)27-21/h9-10,13-14,17,19,22,24,27H,2-8,11-12,15H2,1H3/t17-,19+,22+,24-/m0/s1. The van der Waals surface area contributed by atoms with Gasteiger partial charge in [-0.05, 0) is 81.6 Å². The number of rotatable bonds is 5. The highest BCUT2D eigenvalue weighted by atomic mass is 35.5. The Morgan fingerprint density at radius 1 is 1.19 bits per heavy atom. The van der Waals surface area contributed by atoms with Crippen molar-refractivity contribution in [2.75, 3.05) is 26.7 Å². The van der Waals surface area contributed by atoms with Crippen molar-refractivity contribution in [1.29, 1.82) is 0 Å². The van der Waals surface area contributed by atoms with Crippen LogP contribution in [0.15, 0.2) is 24.3 Å². The first-order chi connectivity index (χ1) is 15.5. The molecule has 4 atom stereocenters. The summed E-state index contributed by atoms with van der Waals surface area (Å²) in [5.41, 5.74) is 1.52. The molecule has 0 radical (unpaired) electrons. The van der Waals surface area contributed by atoms with Gasteiger partial charge in [0.1, 0.15) is 5.69 Å². The number of fused-ring (bicyclic) bond motifs is 1. The van der Waals surface area contributed by atoms with E-state index in [1.165, 1.54) is 39.5 Å². The quantitative estimate of drug-likeness (QED) is 0.672. The van der Waals surface area contributed by atoms with Crippen molar-refractivity contribution in [2.24, 2.45) is 11.8 Å². The highest BCUT2D eigenvalue weighted by Gasteiger charge is 2.49. The highest BCUT2D eigenvalue weighted by molar-refractivity contribution is 6.31. The van der Waals surface area contributed by atoms with Crippen molar-refractivity contribution in [2.45, 2.75) is 57.0 Å². The van der Waals surface area contributed by atoms with Crippen molar-refractivity contribution in [3.05, 3.63) is 35.0 Å². The third-order valence-electron chi connectivity index (χ3n) is 7.86. The third-order valence-corrected chi connectivity index (χ3v) is 8.09. The molecule has 6 nitrogen and oxygen atoms in total. The zero-order chi connectivity index (χ0) is 22.2. The van der Waals surface area contributed by atoms with Crippen molar-refractivity contribution in [1.82, 2.24) is 14.8 Å². The summed E-state index contributed by atoms with van der Waals surface area (Å²) in [5, 5.41) is 1.65. The molecule has 2 aromatic rings. The van der Waals surface area contributed by atoms with E-state index < -0.39 is 0 Å². The van der Waals surface area contributed by atoms with Crippen LogP contribution in [0.5, 0.6) is 0 Å². The van der Waals surface area contributed by atoms with Crippen LogP contribution in [0, 0.1) is 11.8 Å². The number of H-pyrrole nitrogens is 1. The number of ether oxygens (including phenoxy) is 1. The number of nitrogens with one attached hydrogen (secondary N) is 1. The minimum Gasteiger partial charge on any atom is -0.469 e. The van der Waals surface area contributed by atoms with Gasteiger partial charge in [-0.25, -0.2) is 0 Å². The molecule has 1 N–H and O–H groups in total. The van der Waals surface area contributed by atoms with Gasteiger partial charge in [-0.2, -0.15) is 0 Å². The molecule has 5 rings (SSSR count). The molecule has 1 amide bonds. The largest absolute Gasteiger partial charge is 0.469 e. The van der Waals surface area contributed by atoms with Crippen LogP contribution in [0.2, 0.25) is 5.02 Å².